The number of ketones is 1. The van der Waals surface area contributed by atoms with Crippen molar-refractivity contribution in [2.75, 3.05) is 0 Å². The largest absolute Gasteiger partial charge is 0.300 e. The zero-order valence-corrected chi connectivity index (χ0v) is 6.52. The molecule has 0 spiro atoms. The van der Waals surface area contributed by atoms with Gasteiger partial charge in [-0.1, -0.05) is 13.3 Å². The van der Waals surface area contributed by atoms with Crippen LogP contribution in [0.15, 0.2) is 0 Å². The molecule has 0 N–H and O–H groups in total. The fourth-order valence-electron chi connectivity index (χ4n) is 2.68. The fraction of sp³-hybridized carbons (Fsp3) is 0.889. The molecule has 1 nitrogen and oxygen atoms in total. The van der Waals surface area contributed by atoms with E-state index in [1.807, 2.05) is 0 Å². The third-order valence-corrected chi connectivity index (χ3v) is 3.36. The number of carbonyl (C=O) groups excluding carboxylic acids is 1. The molecule has 2 aliphatic rings. The van der Waals surface area contributed by atoms with Crippen LogP contribution in [0.4, 0.5) is 0 Å². The number of fused-ring (bicyclic) bond motifs is 1. The van der Waals surface area contributed by atoms with E-state index in [1.165, 1.54) is 19.3 Å². The van der Waals surface area contributed by atoms with E-state index in [1.54, 1.807) is 0 Å². The van der Waals surface area contributed by atoms with Crippen LogP contribution in [0.25, 0.3) is 0 Å². The summed E-state index contributed by atoms with van der Waals surface area (Å²) < 4.78 is 0. The summed E-state index contributed by atoms with van der Waals surface area (Å²) in [6.07, 6.45) is 5.72. The van der Waals surface area contributed by atoms with Gasteiger partial charge in [-0.15, -0.1) is 0 Å². The molecule has 1 heteroatoms. The van der Waals surface area contributed by atoms with E-state index >= 15 is 0 Å². The van der Waals surface area contributed by atoms with Gasteiger partial charge < -0.3 is 0 Å². The first kappa shape index (κ1) is 6.38. The first-order valence-corrected chi connectivity index (χ1v) is 4.22. The summed E-state index contributed by atoms with van der Waals surface area (Å²) in [6.45, 7) is 2.29. The van der Waals surface area contributed by atoms with Crippen LogP contribution in [-0.2, 0) is 4.79 Å². The maximum Gasteiger partial charge on any atom is 0.133 e. The van der Waals surface area contributed by atoms with E-state index in [2.05, 4.69) is 6.92 Å². The first-order chi connectivity index (χ1) is 4.71. The molecule has 10 heavy (non-hydrogen) atoms. The van der Waals surface area contributed by atoms with Crippen molar-refractivity contribution in [1.29, 1.82) is 0 Å². The zero-order chi connectivity index (χ0) is 7.19. The van der Waals surface area contributed by atoms with E-state index in [4.69, 9.17) is 0 Å². The Balaban J connectivity index is 2.22. The van der Waals surface area contributed by atoms with E-state index < -0.39 is 0 Å². The standard InChI is InChI=1S/C9H14O/c1-9-4-2-3-7(9)5-8(10)6-9/h7H,2-6H2,1H3/t7-,9+/m0/s1. The van der Waals surface area contributed by atoms with Crippen LogP contribution in [0.2, 0.25) is 0 Å². The summed E-state index contributed by atoms with van der Waals surface area (Å²) in [7, 11) is 0. The highest BCUT2D eigenvalue weighted by Gasteiger charge is 2.45. The van der Waals surface area contributed by atoms with E-state index in [-0.39, 0.29) is 0 Å². The Hall–Kier alpha value is -0.330. The van der Waals surface area contributed by atoms with Gasteiger partial charge in [0.2, 0.25) is 0 Å². The highest BCUT2D eigenvalue weighted by atomic mass is 16.1. The molecule has 2 saturated carbocycles. The van der Waals surface area contributed by atoms with Gasteiger partial charge in [-0.05, 0) is 24.2 Å². The summed E-state index contributed by atoms with van der Waals surface area (Å²) in [5.41, 5.74) is 0.428. The van der Waals surface area contributed by atoms with Crippen molar-refractivity contribution < 1.29 is 4.79 Å². The lowest BCUT2D eigenvalue weighted by molar-refractivity contribution is -0.118. The molecule has 2 rings (SSSR count). The molecule has 2 aliphatic carbocycles. The van der Waals surface area contributed by atoms with Gasteiger partial charge in [0.25, 0.3) is 0 Å². The maximum atomic E-state index is 11.1. The van der Waals surface area contributed by atoms with Gasteiger partial charge in [-0.25, -0.2) is 0 Å². The van der Waals surface area contributed by atoms with Crippen molar-refractivity contribution in [3.8, 4) is 0 Å². The minimum absolute atomic E-state index is 0.428. The van der Waals surface area contributed by atoms with Crippen molar-refractivity contribution in [2.45, 2.75) is 39.0 Å². The average Bonchev–Trinajstić information content (AvgIpc) is 2.20. The number of hydrogen-bond donors (Lipinski definition) is 0. The molecule has 0 aromatic heterocycles. The van der Waals surface area contributed by atoms with Crippen molar-refractivity contribution >= 4 is 5.78 Å². The van der Waals surface area contributed by atoms with Crippen LogP contribution in [0.5, 0.6) is 0 Å². The lowest BCUT2D eigenvalue weighted by Gasteiger charge is -2.21. The predicted molar refractivity (Wildman–Crippen MR) is 39.7 cm³/mol. The van der Waals surface area contributed by atoms with Crippen LogP contribution < -0.4 is 0 Å². The van der Waals surface area contributed by atoms with Crippen molar-refractivity contribution in [3.63, 3.8) is 0 Å². The third kappa shape index (κ3) is 0.727. The minimum Gasteiger partial charge on any atom is -0.300 e. The molecule has 0 saturated heterocycles. The van der Waals surface area contributed by atoms with Gasteiger partial charge >= 0.3 is 0 Å². The third-order valence-electron chi connectivity index (χ3n) is 3.36. The fourth-order valence-corrected chi connectivity index (χ4v) is 2.68. The summed E-state index contributed by atoms with van der Waals surface area (Å²) >= 11 is 0. The van der Waals surface area contributed by atoms with Gasteiger partial charge in [-0.3, -0.25) is 4.79 Å². The zero-order valence-electron chi connectivity index (χ0n) is 6.52. The lowest BCUT2D eigenvalue weighted by atomic mass is 9.83. The minimum atomic E-state index is 0.428. The normalized spacial score (nSPS) is 46.1. The molecule has 0 radical (unpaired) electrons. The molecular formula is C9H14O. The SMILES string of the molecule is C[C@]12CCC[C@H]1CC(=O)C2. The van der Waals surface area contributed by atoms with E-state index in [9.17, 15) is 4.79 Å². The summed E-state index contributed by atoms with van der Waals surface area (Å²) in [5, 5.41) is 0. The lowest BCUT2D eigenvalue weighted by Crippen LogP contribution is -2.13. The van der Waals surface area contributed by atoms with Crippen molar-refractivity contribution in [2.24, 2.45) is 11.3 Å². The molecular weight excluding hydrogens is 124 g/mol. The predicted octanol–water partition coefficient (Wildman–Crippen LogP) is 2.16. The molecule has 2 fully saturated rings. The van der Waals surface area contributed by atoms with Gasteiger partial charge in [0.15, 0.2) is 0 Å². The second kappa shape index (κ2) is 1.84. The molecule has 0 heterocycles. The second-order valence-corrected chi connectivity index (χ2v) is 4.16. The smallest absolute Gasteiger partial charge is 0.133 e. The summed E-state index contributed by atoms with van der Waals surface area (Å²) in [4.78, 5) is 11.1. The van der Waals surface area contributed by atoms with Gasteiger partial charge in [0.1, 0.15) is 5.78 Å². The van der Waals surface area contributed by atoms with E-state index in [0.29, 0.717) is 11.2 Å². The summed E-state index contributed by atoms with van der Waals surface area (Å²) in [6, 6.07) is 0. The Kier molecular flexibility index (Phi) is 1.17. The van der Waals surface area contributed by atoms with Crippen LogP contribution in [0.1, 0.15) is 39.0 Å². The maximum absolute atomic E-state index is 11.1. The van der Waals surface area contributed by atoms with Gasteiger partial charge in [0, 0.05) is 12.8 Å². The molecule has 0 aliphatic heterocycles. The Labute approximate surface area is 61.8 Å². The molecule has 0 aromatic rings. The number of Topliss-reactive ketones (excluding diaryl/α,β-unsaturated/α-hetero) is 1. The number of carbonyl (C=O) groups is 1. The Morgan fingerprint density at radius 1 is 1.60 bits per heavy atom. The molecule has 0 aromatic carbocycles. The monoisotopic (exact) mass is 138 g/mol. The van der Waals surface area contributed by atoms with Gasteiger partial charge in [0.05, 0.1) is 0 Å². The van der Waals surface area contributed by atoms with Crippen molar-refractivity contribution in [1.82, 2.24) is 0 Å². The Bertz CT molecular complexity index is 174. The van der Waals surface area contributed by atoms with Crippen LogP contribution in [0, 0.1) is 11.3 Å². The summed E-state index contributed by atoms with van der Waals surface area (Å²) in [5.74, 6) is 1.26. The van der Waals surface area contributed by atoms with Crippen LogP contribution in [-0.4, -0.2) is 5.78 Å². The Morgan fingerprint density at radius 2 is 2.40 bits per heavy atom. The van der Waals surface area contributed by atoms with Crippen LogP contribution in [0.3, 0.4) is 0 Å². The molecule has 0 unspecified atom stereocenters. The van der Waals surface area contributed by atoms with Crippen LogP contribution >= 0.6 is 0 Å². The molecule has 0 amide bonds. The Morgan fingerprint density at radius 3 is 3.10 bits per heavy atom. The van der Waals surface area contributed by atoms with Gasteiger partial charge in [-0.2, -0.15) is 0 Å². The van der Waals surface area contributed by atoms with E-state index in [0.717, 1.165) is 18.8 Å². The average molecular weight is 138 g/mol. The molecule has 0 bridgehead atoms. The highest BCUT2D eigenvalue weighted by Crippen LogP contribution is 2.52. The molecule has 56 valence electrons. The first-order valence-electron chi connectivity index (χ1n) is 4.22. The number of hydrogen-bond acceptors (Lipinski definition) is 1. The van der Waals surface area contributed by atoms with Crippen molar-refractivity contribution in [3.05, 3.63) is 0 Å². The molecule has 2 atom stereocenters. The highest BCUT2D eigenvalue weighted by molar-refractivity contribution is 5.82. The topological polar surface area (TPSA) is 17.1 Å². The second-order valence-electron chi connectivity index (χ2n) is 4.16. The quantitative estimate of drug-likeness (QED) is 0.501. The number of rotatable bonds is 0.